The zero-order chi connectivity index (χ0) is 8.81. The fourth-order valence-electron chi connectivity index (χ4n) is 0.860. The van der Waals surface area contributed by atoms with Crippen LogP contribution in [0, 0.1) is 0 Å². The van der Waals surface area contributed by atoms with E-state index in [1.807, 2.05) is 18.3 Å². The first kappa shape index (κ1) is 9.16. The largest absolute Gasteiger partial charge is 0.264 e. The first-order valence-electron chi connectivity index (χ1n) is 4.16. The van der Waals surface area contributed by atoms with E-state index in [0.717, 1.165) is 6.54 Å². The summed E-state index contributed by atoms with van der Waals surface area (Å²) in [7, 11) is 0. The van der Waals surface area contributed by atoms with Gasteiger partial charge in [-0.2, -0.15) is 0 Å². The molecule has 3 nitrogen and oxygen atoms in total. The standard InChI is InChI=1S/C9H15N3/c1-8(2)12-11-7-9-4-3-5-10-6-9/h3-6,8,11-12H,7H2,1-2H3. The average molecular weight is 165 g/mol. The quantitative estimate of drug-likeness (QED) is 0.656. The Morgan fingerprint density at radius 1 is 1.50 bits per heavy atom. The molecule has 12 heavy (non-hydrogen) atoms. The van der Waals surface area contributed by atoms with Crippen molar-refractivity contribution in [1.29, 1.82) is 0 Å². The normalized spacial score (nSPS) is 10.6. The summed E-state index contributed by atoms with van der Waals surface area (Å²) >= 11 is 0. The number of nitrogens with zero attached hydrogens (tertiary/aromatic N) is 1. The van der Waals surface area contributed by atoms with Gasteiger partial charge in [-0.3, -0.25) is 15.8 Å². The van der Waals surface area contributed by atoms with Crippen LogP contribution < -0.4 is 10.9 Å². The predicted molar refractivity (Wildman–Crippen MR) is 49.3 cm³/mol. The van der Waals surface area contributed by atoms with Crippen LogP contribution in [0.5, 0.6) is 0 Å². The molecule has 1 heterocycles. The second-order valence-electron chi connectivity index (χ2n) is 3.01. The van der Waals surface area contributed by atoms with Gasteiger partial charge in [0.15, 0.2) is 0 Å². The molecule has 3 heteroatoms. The molecule has 0 aliphatic carbocycles. The molecule has 1 aromatic heterocycles. The van der Waals surface area contributed by atoms with E-state index in [4.69, 9.17) is 0 Å². The lowest BCUT2D eigenvalue weighted by molar-refractivity contribution is 0.471. The molecule has 0 bridgehead atoms. The summed E-state index contributed by atoms with van der Waals surface area (Å²) in [5.74, 6) is 0. The maximum absolute atomic E-state index is 4.01. The van der Waals surface area contributed by atoms with E-state index in [9.17, 15) is 0 Å². The van der Waals surface area contributed by atoms with Crippen molar-refractivity contribution in [3.63, 3.8) is 0 Å². The highest BCUT2D eigenvalue weighted by Crippen LogP contribution is 1.92. The van der Waals surface area contributed by atoms with Crippen LogP contribution in [0.1, 0.15) is 19.4 Å². The maximum atomic E-state index is 4.01. The summed E-state index contributed by atoms with van der Waals surface area (Å²) < 4.78 is 0. The van der Waals surface area contributed by atoms with Crippen LogP contribution in [-0.2, 0) is 6.54 Å². The van der Waals surface area contributed by atoms with Crippen LogP contribution in [0.25, 0.3) is 0 Å². The van der Waals surface area contributed by atoms with Crippen LogP contribution >= 0.6 is 0 Å². The Balaban J connectivity index is 2.25. The predicted octanol–water partition coefficient (Wildman–Crippen LogP) is 1.08. The Bertz CT molecular complexity index is 208. The van der Waals surface area contributed by atoms with Crippen LogP contribution in [-0.4, -0.2) is 11.0 Å². The number of rotatable bonds is 4. The van der Waals surface area contributed by atoms with Crippen molar-refractivity contribution >= 4 is 0 Å². The first-order chi connectivity index (χ1) is 5.79. The summed E-state index contributed by atoms with van der Waals surface area (Å²) in [4.78, 5) is 4.01. The Morgan fingerprint density at radius 2 is 2.33 bits per heavy atom. The zero-order valence-electron chi connectivity index (χ0n) is 7.54. The fraction of sp³-hybridized carbons (Fsp3) is 0.444. The van der Waals surface area contributed by atoms with Gasteiger partial charge in [0, 0.05) is 25.0 Å². The zero-order valence-corrected chi connectivity index (χ0v) is 7.54. The van der Waals surface area contributed by atoms with Crippen LogP contribution in [0.4, 0.5) is 0 Å². The topological polar surface area (TPSA) is 37.0 Å². The van der Waals surface area contributed by atoms with Gasteiger partial charge in [-0.25, -0.2) is 0 Å². The van der Waals surface area contributed by atoms with Crippen molar-refractivity contribution in [3.8, 4) is 0 Å². The highest BCUT2D eigenvalue weighted by atomic mass is 15.4. The lowest BCUT2D eigenvalue weighted by atomic mass is 10.3. The second-order valence-corrected chi connectivity index (χ2v) is 3.01. The molecule has 0 saturated carbocycles. The Labute approximate surface area is 73.2 Å². The average Bonchev–Trinajstić information content (AvgIpc) is 2.05. The number of hydrogen-bond donors (Lipinski definition) is 2. The molecular formula is C9H15N3. The third kappa shape index (κ3) is 3.46. The molecule has 2 N–H and O–H groups in total. The molecule has 0 aliphatic rings. The van der Waals surface area contributed by atoms with Crippen LogP contribution in [0.15, 0.2) is 24.5 Å². The highest BCUT2D eigenvalue weighted by molar-refractivity contribution is 5.07. The van der Waals surface area contributed by atoms with Crippen molar-refractivity contribution < 1.29 is 0 Å². The molecule has 0 amide bonds. The maximum Gasteiger partial charge on any atom is 0.0366 e. The van der Waals surface area contributed by atoms with Gasteiger partial charge in [0.05, 0.1) is 0 Å². The molecule has 0 saturated heterocycles. The third-order valence-corrected chi connectivity index (χ3v) is 1.41. The molecular weight excluding hydrogens is 150 g/mol. The molecule has 0 atom stereocenters. The van der Waals surface area contributed by atoms with E-state index < -0.39 is 0 Å². The van der Waals surface area contributed by atoms with Crippen molar-refractivity contribution in [2.24, 2.45) is 0 Å². The van der Waals surface area contributed by atoms with Gasteiger partial charge < -0.3 is 0 Å². The van der Waals surface area contributed by atoms with Gasteiger partial charge in [-0.1, -0.05) is 6.07 Å². The SMILES string of the molecule is CC(C)NNCc1cccnc1. The molecule has 0 aromatic carbocycles. The van der Waals surface area contributed by atoms with Crippen molar-refractivity contribution in [2.75, 3.05) is 0 Å². The highest BCUT2D eigenvalue weighted by Gasteiger charge is 1.91. The lowest BCUT2D eigenvalue weighted by Crippen LogP contribution is -2.36. The van der Waals surface area contributed by atoms with Crippen molar-refractivity contribution in [3.05, 3.63) is 30.1 Å². The van der Waals surface area contributed by atoms with Gasteiger partial charge in [0.1, 0.15) is 0 Å². The molecule has 0 radical (unpaired) electrons. The number of pyridine rings is 1. The fourth-order valence-corrected chi connectivity index (χ4v) is 0.860. The Hall–Kier alpha value is -0.930. The number of nitrogens with one attached hydrogen (secondary N) is 2. The number of hydrazine groups is 1. The van der Waals surface area contributed by atoms with E-state index in [0.29, 0.717) is 6.04 Å². The molecule has 1 rings (SSSR count). The molecule has 0 unspecified atom stereocenters. The Kier molecular flexibility index (Phi) is 3.70. The minimum Gasteiger partial charge on any atom is -0.264 e. The molecule has 66 valence electrons. The number of hydrogen-bond acceptors (Lipinski definition) is 3. The van der Waals surface area contributed by atoms with Crippen LogP contribution in [0.3, 0.4) is 0 Å². The van der Waals surface area contributed by atoms with E-state index >= 15 is 0 Å². The summed E-state index contributed by atoms with van der Waals surface area (Å²) in [6.07, 6.45) is 3.63. The van der Waals surface area contributed by atoms with Gasteiger partial charge in [0.2, 0.25) is 0 Å². The smallest absolute Gasteiger partial charge is 0.0366 e. The Morgan fingerprint density at radius 3 is 2.92 bits per heavy atom. The first-order valence-corrected chi connectivity index (χ1v) is 4.16. The van der Waals surface area contributed by atoms with E-state index in [1.165, 1.54) is 5.56 Å². The molecule has 0 fully saturated rings. The molecule has 1 aromatic rings. The van der Waals surface area contributed by atoms with E-state index in [1.54, 1.807) is 6.20 Å². The van der Waals surface area contributed by atoms with E-state index in [-0.39, 0.29) is 0 Å². The molecule has 0 aliphatic heterocycles. The van der Waals surface area contributed by atoms with Crippen molar-refractivity contribution in [2.45, 2.75) is 26.4 Å². The van der Waals surface area contributed by atoms with Gasteiger partial charge >= 0.3 is 0 Å². The monoisotopic (exact) mass is 165 g/mol. The van der Waals surface area contributed by atoms with Crippen LogP contribution in [0.2, 0.25) is 0 Å². The minimum absolute atomic E-state index is 0.460. The summed E-state index contributed by atoms with van der Waals surface area (Å²) in [5, 5.41) is 0. The summed E-state index contributed by atoms with van der Waals surface area (Å²) in [6.45, 7) is 5.00. The summed E-state index contributed by atoms with van der Waals surface area (Å²) in [6, 6.07) is 4.44. The number of aromatic nitrogens is 1. The lowest BCUT2D eigenvalue weighted by Gasteiger charge is -2.09. The van der Waals surface area contributed by atoms with Gasteiger partial charge in [-0.15, -0.1) is 0 Å². The van der Waals surface area contributed by atoms with Gasteiger partial charge in [0.25, 0.3) is 0 Å². The third-order valence-electron chi connectivity index (χ3n) is 1.41. The van der Waals surface area contributed by atoms with E-state index in [2.05, 4.69) is 29.7 Å². The van der Waals surface area contributed by atoms with Gasteiger partial charge in [-0.05, 0) is 25.5 Å². The second kappa shape index (κ2) is 4.85. The minimum atomic E-state index is 0.460. The molecule has 0 spiro atoms. The summed E-state index contributed by atoms with van der Waals surface area (Å²) in [5.41, 5.74) is 7.41. The van der Waals surface area contributed by atoms with Crippen molar-refractivity contribution in [1.82, 2.24) is 15.8 Å².